The van der Waals surface area contributed by atoms with Crippen LogP contribution < -0.4 is 15.6 Å². The van der Waals surface area contributed by atoms with E-state index in [0.29, 0.717) is 60.4 Å². The zero-order valence-electron chi connectivity index (χ0n) is 20.4. The van der Waals surface area contributed by atoms with Crippen molar-refractivity contribution in [2.75, 3.05) is 12.4 Å². The molecule has 1 N–H and O–H groups in total. The summed E-state index contributed by atoms with van der Waals surface area (Å²) in [5, 5.41) is 3.71. The third kappa shape index (κ3) is 4.64. The second kappa shape index (κ2) is 9.62. The van der Waals surface area contributed by atoms with E-state index in [1.165, 1.54) is 17.5 Å². The van der Waals surface area contributed by atoms with Crippen LogP contribution >= 0.6 is 22.9 Å². The molecule has 0 unspecified atom stereocenters. The maximum Gasteiger partial charge on any atom is 0.259 e. The lowest BCUT2D eigenvalue weighted by Gasteiger charge is -2.13. The number of thiazole rings is 1. The van der Waals surface area contributed by atoms with Gasteiger partial charge in [-0.05, 0) is 50.1 Å². The lowest BCUT2D eigenvalue weighted by molar-refractivity contribution is 0.102. The average molecular weight is 545 g/mol. The molecule has 190 valence electrons. The fourth-order valence-electron chi connectivity index (χ4n) is 4.24. The van der Waals surface area contributed by atoms with E-state index in [2.05, 4.69) is 25.3 Å². The number of benzene rings is 1. The zero-order chi connectivity index (χ0) is 26.4. The van der Waals surface area contributed by atoms with Crippen molar-refractivity contribution in [3.8, 4) is 28.1 Å². The molecular weight excluding hydrogens is 524 g/mol. The summed E-state index contributed by atoms with van der Waals surface area (Å²) in [6.07, 6.45) is 6.98. The van der Waals surface area contributed by atoms with Gasteiger partial charge in [0.05, 0.1) is 24.6 Å². The Labute approximate surface area is 226 Å². The fourth-order valence-corrected chi connectivity index (χ4v) is 5.20. The van der Waals surface area contributed by atoms with Crippen molar-refractivity contribution < 1.29 is 9.53 Å². The first kappa shape index (κ1) is 24.2. The number of nitrogens with zero attached hydrogens (tertiary/aromatic N) is 5. The molecule has 6 rings (SSSR count). The van der Waals surface area contributed by atoms with Gasteiger partial charge in [0.1, 0.15) is 5.75 Å². The van der Waals surface area contributed by atoms with Crippen LogP contribution in [0.15, 0.2) is 59.8 Å². The summed E-state index contributed by atoms with van der Waals surface area (Å²) < 4.78 is 7.26. The number of anilines is 1. The summed E-state index contributed by atoms with van der Waals surface area (Å²) in [4.78, 5) is 44.2. The van der Waals surface area contributed by atoms with Crippen LogP contribution in [-0.4, -0.2) is 37.5 Å². The normalized spacial score (nSPS) is 13.0. The van der Waals surface area contributed by atoms with Crippen molar-refractivity contribution in [1.82, 2.24) is 24.5 Å². The first-order valence-corrected chi connectivity index (χ1v) is 13.1. The van der Waals surface area contributed by atoms with Gasteiger partial charge in [0, 0.05) is 51.9 Å². The van der Waals surface area contributed by atoms with Gasteiger partial charge in [-0.3, -0.25) is 19.9 Å². The zero-order valence-corrected chi connectivity index (χ0v) is 22.0. The van der Waals surface area contributed by atoms with Gasteiger partial charge in [-0.15, -0.1) is 0 Å². The predicted octanol–water partition coefficient (Wildman–Crippen LogP) is 5.53. The van der Waals surface area contributed by atoms with E-state index >= 15 is 0 Å². The number of halogens is 1. The number of carbonyl (C=O) groups is 1. The number of pyridine rings is 2. The van der Waals surface area contributed by atoms with E-state index in [0.717, 1.165) is 18.5 Å². The van der Waals surface area contributed by atoms with Crippen LogP contribution in [0.25, 0.3) is 32.9 Å². The number of carbonyl (C=O) groups excluding carboxylic acids is 1. The molecular formula is C27H21ClN6O3S. The Bertz CT molecular complexity index is 1780. The minimum absolute atomic E-state index is 0.0528. The highest BCUT2D eigenvalue weighted by Crippen LogP contribution is 2.36. The molecule has 1 aliphatic carbocycles. The Morgan fingerprint density at radius 3 is 2.71 bits per heavy atom. The van der Waals surface area contributed by atoms with Crippen LogP contribution in [0.2, 0.25) is 5.02 Å². The van der Waals surface area contributed by atoms with Gasteiger partial charge in [-0.1, -0.05) is 22.9 Å². The molecule has 0 spiro atoms. The molecule has 11 heteroatoms. The van der Waals surface area contributed by atoms with Gasteiger partial charge >= 0.3 is 0 Å². The predicted molar refractivity (Wildman–Crippen MR) is 147 cm³/mol. The van der Waals surface area contributed by atoms with Crippen LogP contribution in [0.1, 0.15) is 34.9 Å². The minimum Gasteiger partial charge on any atom is -0.496 e. The minimum atomic E-state index is -0.391. The highest BCUT2D eigenvalue weighted by molar-refractivity contribution is 7.21. The number of nitrogens with one attached hydrogen (secondary N) is 1. The molecule has 5 aromatic rings. The van der Waals surface area contributed by atoms with Gasteiger partial charge in [0.25, 0.3) is 11.5 Å². The Hall–Kier alpha value is -4.15. The number of fused-ring (bicyclic) bond motifs is 1. The van der Waals surface area contributed by atoms with Gasteiger partial charge in [0.15, 0.2) is 15.6 Å². The van der Waals surface area contributed by atoms with Crippen LogP contribution in [0.4, 0.5) is 5.13 Å². The maximum atomic E-state index is 13.4. The number of amides is 1. The molecule has 1 fully saturated rings. The molecule has 0 radical (unpaired) electrons. The highest BCUT2D eigenvalue weighted by Gasteiger charge is 2.24. The smallest absolute Gasteiger partial charge is 0.259 e. The molecule has 0 saturated heterocycles. The van der Waals surface area contributed by atoms with E-state index in [4.69, 9.17) is 16.3 Å². The van der Waals surface area contributed by atoms with E-state index < -0.39 is 5.91 Å². The van der Waals surface area contributed by atoms with Crippen molar-refractivity contribution in [3.63, 3.8) is 0 Å². The molecule has 1 aliphatic rings. The Morgan fingerprint density at radius 2 is 1.95 bits per heavy atom. The monoisotopic (exact) mass is 544 g/mol. The largest absolute Gasteiger partial charge is 0.496 e. The molecule has 0 aliphatic heterocycles. The van der Waals surface area contributed by atoms with E-state index in [-0.39, 0.29) is 5.56 Å². The number of aryl methyl sites for hydroxylation is 1. The Morgan fingerprint density at radius 1 is 1.11 bits per heavy atom. The second-order valence-electron chi connectivity index (χ2n) is 8.97. The molecule has 4 heterocycles. The third-order valence-electron chi connectivity index (χ3n) is 6.26. The lowest BCUT2D eigenvalue weighted by Crippen LogP contribution is -2.17. The molecule has 0 atom stereocenters. The fraction of sp³-hybridized carbons (Fsp3) is 0.185. The number of hydrogen-bond acceptors (Lipinski definition) is 8. The van der Waals surface area contributed by atoms with Gasteiger partial charge in [0.2, 0.25) is 0 Å². The SMILES string of the molecule is COc1ccc(Cl)cc1-c1cc(C)ncc1C(=O)Nc1nc2ncc(-c3ccn(C4CC4)c(=O)c3)nc2s1. The van der Waals surface area contributed by atoms with Gasteiger partial charge < -0.3 is 9.30 Å². The van der Waals surface area contributed by atoms with Crippen LogP contribution in [-0.2, 0) is 0 Å². The van der Waals surface area contributed by atoms with E-state index in [1.807, 2.05) is 25.3 Å². The number of hydrogen-bond donors (Lipinski definition) is 1. The molecule has 38 heavy (non-hydrogen) atoms. The topological polar surface area (TPSA) is 112 Å². The second-order valence-corrected chi connectivity index (χ2v) is 10.4. The number of methoxy groups -OCH3 is 1. The highest BCUT2D eigenvalue weighted by atomic mass is 35.5. The maximum absolute atomic E-state index is 13.4. The summed E-state index contributed by atoms with van der Waals surface area (Å²) >= 11 is 7.45. The molecule has 9 nitrogen and oxygen atoms in total. The van der Waals surface area contributed by atoms with Crippen LogP contribution in [0, 0.1) is 6.92 Å². The van der Waals surface area contributed by atoms with Crippen LogP contribution in [0.3, 0.4) is 0 Å². The van der Waals surface area contributed by atoms with Crippen molar-refractivity contribution in [2.45, 2.75) is 25.8 Å². The first-order chi connectivity index (χ1) is 18.4. The van der Waals surface area contributed by atoms with E-state index in [9.17, 15) is 9.59 Å². The van der Waals surface area contributed by atoms with Crippen molar-refractivity contribution >= 4 is 44.5 Å². The summed E-state index contributed by atoms with van der Waals surface area (Å²) in [5.74, 6) is 0.192. The average Bonchev–Trinajstić information content (AvgIpc) is 3.67. The molecule has 4 aromatic heterocycles. The molecule has 1 saturated carbocycles. The van der Waals surface area contributed by atoms with Crippen LogP contribution in [0.5, 0.6) is 5.75 Å². The molecule has 1 amide bonds. The number of rotatable bonds is 6. The third-order valence-corrected chi connectivity index (χ3v) is 7.35. The van der Waals surface area contributed by atoms with Gasteiger partial charge in [-0.2, -0.15) is 4.98 Å². The van der Waals surface area contributed by atoms with Gasteiger partial charge in [-0.25, -0.2) is 9.97 Å². The van der Waals surface area contributed by atoms with Crippen molar-refractivity contribution in [2.24, 2.45) is 0 Å². The van der Waals surface area contributed by atoms with E-state index in [1.54, 1.807) is 42.1 Å². The summed E-state index contributed by atoms with van der Waals surface area (Å²) in [6.45, 7) is 1.85. The summed E-state index contributed by atoms with van der Waals surface area (Å²) in [6, 6.07) is 10.8. The standard InChI is InChI=1S/C27H21ClN6O3S/c1-14-9-18(19-11-16(28)3-6-22(19)37-2)20(12-29-14)25(36)33-27-32-24-26(38-27)31-21(13-30-24)15-7-8-34(17-4-5-17)23(35)10-15/h3,6-13,17H,4-5H2,1-2H3,(H,30,32,33,36). The molecule has 1 aromatic carbocycles. The Balaban J connectivity index is 1.30. The van der Waals surface area contributed by atoms with Crippen molar-refractivity contribution in [3.05, 3.63) is 81.6 Å². The van der Waals surface area contributed by atoms with Crippen molar-refractivity contribution in [1.29, 1.82) is 0 Å². The summed E-state index contributed by atoms with van der Waals surface area (Å²) in [5.41, 5.74) is 3.99. The number of ether oxygens (including phenoxy) is 1. The summed E-state index contributed by atoms with van der Waals surface area (Å²) in [7, 11) is 1.56. The molecule has 0 bridgehead atoms. The quantitative estimate of drug-likeness (QED) is 0.299. The lowest BCUT2D eigenvalue weighted by atomic mass is 9.99. The Kier molecular flexibility index (Phi) is 6.13. The number of aromatic nitrogens is 5. The first-order valence-electron chi connectivity index (χ1n) is 11.9.